The highest BCUT2D eigenvalue weighted by atomic mass is 79.9. The van der Waals surface area contributed by atoms with Crippen LogP contribution in [0.2, 0.25) is 5.02 Å². The van der Waals surface area contributed by atoms with Crippen LogP contribution in [0.15, 0.2) is 15.9 Å². The molecule has 20 heavy (non-hydrogen) atoms. The Balaban J connectivity index is 2.26. The highest BCUT2D eigenvalue weighted by Gasteiger charge is 2.19. The molecule has 0 amide bonds. The van der Waals surface area contributed by atoms with Gasteiger partial charge in [0.25, 0.3) is 0 Å². The minimum atomic E-state index is 0.272. The van der Waals surface area contributed by atoms with Crippen LogP contribution in [0.1, 0.15) is 36.2 Å². The first-order valence-electron chi connectivity index (χ1n) is 6.74. The summed E-state index contributed by atoms with van der Waals surface area (Å²) in [6, 6.07) is 2.44. The van der Waals surface area contributed by atoms with Crippen molar-refractivity contribution in [2.45, 2.75) is 32.7 Å². The summed E-state index contributed by atoms with van der Waals surface area (Å²) in [5.74, 6) is 0. The van der Waals surface area contributed by atoms with E-state index in [-0.39, 0.29) is 6.04 Å². The number of rotatable bonds is 6. The van der Waals surface area contributed by atoms with Gasteiger partial charge in [-0.2, -0.15) is 5.10 Å². The van der Waals surface area contributed by atoms with Crippen LogP contribution in [0.25, 0.3) is 0 Å². The van der Waals surface area contributed by atoms with Crippen molar-refractivity contribution in [2.24, 2.45) is 7.05 Å². The molecule has 0 saturated carbocycles. The summed E-state index contributed by atoms with van der Waals surface area (Å²) in [4.78, 5) is 1.31. The van der Waals surface area contributed by atoms with E-state index < -0.39 is 0 Å². The van der Waals surface area contributed by atoms with Gasteiger partial charge in [-0.1, -0.05) is 25.4 Å². The molecule has 0 aliphatic heterocycles. The van der Waals surface area contributed by atoms with E-state index in [1.165, 1.54) is 4.88 Å². The number of nitrogens with one attached hydrogen (secondary N) is 1. The van der Waals surface area contributed by atoms with E-state index >= 15 is 0 Å². The second-order valence-corrected chi connectivity index (χ2v) is 6.90. The van der Waals surface area contributed by atoms with Crippen LogP contribution < -0.4 is 5.32 Å². The third kappa shape index (κ3) is 3.45. The SMILES string of the molecule is CCNC(Cc1c(Cl)c(CC)nn1C)c1cc(Br)cs1. The lowest BCUT2D eigenvalue weighted by Crippen LogP contribution is -2.23. The molecule has 0 aliphatic carbocycles. The standard InChI is InChI=1S/C14H19BrClN3S/c1-4-10-14(16)12(19(3)18-10)7-11(17-5-2)13-6-9(15)8-20-13/h6,8,11,17H,4-5,7H2,1-3H3. The molecule has 1 atom stereocenters. The van der Waals surface area contributed by atoms with Crippen molar-refractivity contribution in [1.82, 2.24) is 15.1 Å². The maximum absolute atomic E-state index is 6.45. The van der Waals surface area contributed by atoms with Gasteiger partial charge in [-0.25, -0.2) is 0 Å². The van der Waals surface area contributed by atoms with Gasteiger partial charge in [-0.3, -0.25) is 4.68 Å². The van der Waals surface area contributed by atoms with Gasteiger partial charge in [0.2, 0.25) is 0 Å². The first-order valence-corrected chi connectivity index (χ1v) is 8.79. The van der Waals surface area contributed by atoms with Gasteiger partial charge in [-0.15, -0.1) is 11.3 Å². The monoisotopic (exact) mass is 375 g/mol. The summed E-state index contributed by atoms with van der Waals surface area (Å²) in [5.41, 5.74) is 2.07. The average Bonchev–Trinajstić information content (AvgIpc) is 2.96. The lowest BCUT2D eigenvalue weighted by Gasteiger charge is -2.16. The van der Waals surface area contributed by atoms with Crippen LogP contribution in [-0.4, -0.2) is 16.3 Å². The summed E-state index contributed by atoms with van der Waals surface area (Å²) in [7, 11) is 1.97. The predicted molar refractivity (Wildman–Crippen MR) is 89.7 cm³/mol. The molecular weight excluding hydrogens is 358 g/mol. The van der Waals surface area contributed by atoms with E-state index in [2.05, 4.69) is 51.6 Å². The van der Waals surface area contributed by atoms with Crippen LogP contribution in [0.5, 0.6) is 0 Å². The Bertz CT molecular complexity index is 579. The Hall–Kier alpha value is -0.360. The van der Waals surface area contributed by atoms with E-state index in [1.54, 1.807) is 11.3 Å². The number of hydrogen-bond acceptors (Lipinski definition) is 3. The Kier molecular flexibility index (Phi) is 5.66. The molecule has 2 rings (SSSR count). The molecule has 0 spiro atoms. The van der Waals surface area contributed by atoms with Gasteiger partial charge in [0.05, 0.1) is 16.4 Å². The number of aryl methyl sites for hydroxylation is 2. The summed E-state index contributed by atoms with van der Waals surface area (Å²) >= 11 is 11.7. The number of likely N-dealkylation sites (N-methyl/N-ethyl adjacent to an activating group) is 1. The zero-order valence-electron chi connectivity index (χ0n) is 11.9. The lowest BCUT2D eigenvalue weighted by atomic mass is 10.1. The highest BCUT2D eigenvalue weighted by Crippen LogP contribution is 2.30. The van der Waals surface area contributed by atoms with E-state index in [0.717, 1.165) is 40.3 Å². The van der Waals surface area contributed by atoms with Crippen molar-refractivity contribution >= 4 is 38.9 Å². The number of aromatic nitrogens is 2. The normalized spacial score (nSPS) is 12.8. The molecule has 2 aromatic rings. The van der Waals surface area contributed by atoms with Crippen molar-refractivity contribution < 1.29 is 0 Å². The minimum absolute atomic E-state index is 0.272. The average molecular weight is 377 g/mol. The number of nitrogens with zero attached hydrogens (tertiary/aromatic N) is 2. The molecule has 0 saturated heterocycles. The van der Waals surface area contributed by atoms with Crippen molar-refractivity contribution in [3.05, 3.63) is 37.2 Å². The third-order valence-electron chi connectivity index (χ3n) is 3.28. The van der Waals surface area contributed by atoms with Gasteiger partial charge >= 0.3 is 0 Å². The smallest absolute Gasteiger partial charge is 0.0850 e. The summed E-state index contributed by atoms with van der Waals surface area (Å²) in [5, 5.41) is 11.0. The Morgan fingerprint density at radius 2 is 2.25 bits per heavy atom. The Morgan fingerprint density at radius 3 is 2.75 bits per heavy atom. The van der Waals surface area contributed by atoms with Crippen molar-refractivity contribution in [2.75, 3.05) is 6.54 Å². The quantitative estimate of drug-likeness (QED) is 0.812. The van der Waals surface area contributed by atoms with Gasteiger partial charge in [-0.05, 0) is 35.0 Å². The second kappa shape index (κ2) is 7.07. The molecule has 1 N–H and O–H groups in total. The topological polar surface area (TPSA) is 29.9 Å². The molecule has 0 bridgehead atoms. The number of hydrogen-bond donors (Lipinski definition) is 1. The zero-order chi connectivity index (χ0) is 14.7. The largest absolute Gasteiger partial charge is 0.309 e. The van der Waals surface area contributed by atoms with Crippen LogP contribution >= 0.6 is 38.9 Å². The molecule has 2 heterocycles. The maximum Gasteiger partial charge on any atom is 0.0850 e. The van der Waals surface area contributed by atoms with Crippen LogP contribution in [0.3, 0.4) is 0 Å². The molecule has 0 aromatic carbocycles. The van der Waals surface area contributed by atoms with E-state index in [4.69, 9.17) is 11.6 Å². The van der Waals surface area contributed by atoms with Crippen LogP contribution in [-0.2, 0) is 19.9 Å². The number of halogens is 2. The van der Waals surface area contributed by atoms with Crippen molar-refractivity contribution in [1.29, 1.82) is 0 Å². The van der Waals surface area contributed by atoms with E-state index in [0.29, 0.717) is 0 Å². The van der Waals surface area contributed by atoms with Crippen LogP contribution in [0, 0.1) is 0 Å². The zero-order valence-corrected chi connectivity index (χ0v) is 15.1. The van der Waals surface area contributed by atoms with E-state index in [1.807, 2.05) is 11.7 Å². The molecule has 6 heteroatoms. The van der Waals surface area contributed by atoms with Crippen LogP contribution in [0.4, 0.5) is 0 Å². The molecule has 1 unspecified atom stereocenters. The van der Waals surface area contributed by atoms with Gasteiger partial charge in [0, 0.05) is 34.2 Å². The fraction of sp³-hybridized carbons (Fsp3) is 0.500. The van der Waals surface area contributed by atoms with Crippen molar-refractivity contribution in [3.8, 4) is 0 Å². The summed E-state index contributed by atoms with van der Waals surface area (Å²) in [6.07, 6.45) is 1.71. The fourth-order valence-electron chi connectivity index (χ4n) is 2.27. The molecule has 3 nitrogen and oxygen atoms in total. The van der Waals surface area contributed by atoms with Crippen molar-refractivity contribution in [3.63, 3.8) is 0 Å². The van der Waals surface area contributed by atoms with E-state index in [9.17, 15) is 0 Å². The highest BCUT2D eigenvalue weighted by molar-refractivity contribution is 9.10. The third-order valence-corrected chi connectivity index (χ3v) is 5.53. The Morgan fingerprint density at radius 1 is 1.50 bits per heavy atom. The number of thiophene rings is 1. The summed E-state index contributed by atoms with van der Waals surface area (Å²) < 4.78 is 3.04. The molecule has 110 valence electrons. The molecule has 0 fully saturated rings. The molecule has 0 aliphatic rings. The fourth-order valence-corrected chi connectivity index (χ4v) is 4.16. The summed E-state index contributed by atoms with van der Waals surface area (Å²) in [6.45, 7) is 5.13. The molecular formula is C14H19BrClN3S. The lowest BCUT2D eigenvalue weighted by molar-refractivity contribution is 0.535. The van der Waals surface area contributed by atoms with Gasteiger partial charge < -0.3 is 5.32 Å². The minimum Gasteiger partial charge on any atom is -0.309 e. The maximum atomic E-state index is 6.45. The Labute approximate surface area is 137 Å². The predicted octanol–water partition coefficient (Wildman–Crippen LogP) is 4.35. The molecule has 2 aromatic heterocycles. The van der Waals surface area contributed by atoms with Gasteiger partial charge in [0.1, 0.15) is 0 Å². The second-order valence-electron chi connectivity index (χ2n) is 4.67. The first-order chi connectivity index (χ1) is 9.56. The molecule has 0 radical (unpaired) electrons. The van der Waals surface area contributed by atoms with Gasteiger partial charge in [0.15, 0.2) is 0 Å². The first kappa shape index (κ1) is 16.0.